The van der Waals surface area contributed by atoms with Crippen LogP contribution in [-0.2, 0) is 14.3 Å². The van der Waals surface area contributed by atoms with E-state index in [1.807, 2.05) is 6.92 Å². The van der Waals surface area contributed by atoms with Gasteiger partial charge in [-0.15, -0.1) is 0 Å². The molecule has 0 aliphatic rings. The summed E-state index contributed by atoms with van der Waals surface area (Å²) in [4.78, 5) is 0.0309. The molecular weight excluding hydrogens is 279 g/mol. The molecule has 0 saturated carbocycles. The van der Waals surface area contributed by atoms with Crippen molar-refractivity contribution in [1.82, 2.24) is 0 Å². The van der Waals surface area contributed by atoms with E-state index in [9.17, 15) is 12.8 Å². The molecular formula is C15H15FO3S. The van der Waals surface area contributed by atoms with Crippen molar-refractivity contribution in [3.63, 3.8) is 0 Å². The smallest absolute Gasteiger partial charge is 0.263 e. The Bertz CT molecular complexity index is 651. The molecule has 0 aliphatic carbocycles. The van der Waals surface area contributed by atoms with Crippen LogP contribution >= 0.6 is 0 Å². The van der Waals surface area contributed by atoms with Crippen LogP contribution in [0, 0.1) is 6.92 Å². The molecule has 2 rings (SSSR count). The van der Waals surface area contributed by atoms with Crippen LogP contribution in [0.5, 0.6) is 0 Å². The molecule has 0 amide bonds. The molecule has 0 aromatic heterocycles. The summed E-state index contributed by atoms with van der Waals surface area (Å²) < 4.78 is 42.4. The Balaban J connectivity index is 2.04. The third kappa shape index (κ3) is 3.65. The summed E-state index contributed by atoms with van der Waals surface area (Å²) in [5.41, 5.74) is 1.34. The summed E-state index contributed by atoms with van der Waals surface area (Å²) in [5.74, 6) is 0. The fourth-order valence-electron chi connectivity index (χ4n) is 1.68. The minimum atomic E-state index is -3.92. The van der Waals surface area contributed by atoms with Crippen molar-refractivity contribution < 1.29 is 17.0 Å². The second-order valence-corrected chi connectivity index (χ2v) is 6.05. The standard InChI is InChI=1S/C15H15FO3S/c1-12-7-9-14(10-8-12)20(17,18)19-11-15(16)13-5-3-2-4-6-13/h2-10,15H,11H2,1H3. The van der Waals surface area contributed by atoms with Gasteiger partial charge in [0.15, 0.2) is 0 Å². The summed E-state index contributed by atoms with van der Waals surface area (Å²) >= 11 is 0. The first-order valence-electron chi connectivity index (χ1n) is 6.14. The molecule has 2 aromatic carbocycles. The summed E-state index contributed by atoms with van der Waals surface area (Å²) in [5, 5.41) is 0. The normalized spacial score (nSPS) is 13.1. The van der Waals surface area contributed by atoms with Gasteiger partial charge < -0.3 is 0 Å². The number of rotatable bonds is 5. The van der Waals surface area contributed by atoms with Crippen LogP contribution in [0.3, 0.4) is 0 Å². The number of hydrogen-bond donors (Lipinski definition) is 0. The second kappa shape index (κ2) is 6.15. The topological polar surface area (TPSA) is 43.4 Å². The molecule has 0 bridgehead atoms. The van der Waals surface area contributed by atoms with Crippen LogP contribution in [0.4, 0.5) is 4.39 Å². The monoisotopic (exact) mass is 294 g/mol. The molecule has 0 heterocycles. The van der Waals surface area contributed by atoms with Gasteiger partial charge in [-0.25, -0.2) is 4.39 Å². The van der Waals surface area contributed by atoms with Crippen molar-refractivity contribution in [2.24, 2.45) is 0 Å². The zero-order valence-corrected chi connectivity index (χ0v) is 11.8. The molecule has 5 heteroatoms. The van der Waals surface area contributed by atoms with E-state index >= 15 is 0 Å². The van der Waals surface area contributed by atoms with Gasteiger partial charge in [0.1, 0.15) is 12.8 Å². The molecule has 20 heavy (non-hydrogen) atoms. The third-order valence-corrected chi connectivity index (χ3v) is 4.14. The molecule has 1 atom stereocenters. The van der Waals surface area contributed by atoms with Crippen molar-refractivity contribution in [3.05, 3.63) is 65.7 Å². The lowest BCUT2D eigenvalue weighted by Gasteiger charge is -2.10. The van der Waals surface area contributed by atoms with Gasteiger partial charge in [-0.1, -0.05) is 48.0 Å². The van der Waals surface area contributed by atoms with E-state index in [0.29, 0.717) is 5.56 Å². The van der Waals surface area contributed by atoms with Crippen LogP contribution < -0.4 is 0 Å². The first kappa shape index (κ1) is 14.7. The number of alkyl halides is 1. The Morgan fingerprint density at radius 3 is 2.25 bits per heavy atom. The Labute approximate surface area is 118 Å². The maximum absolute atomic E-state index is 13.9. The molecule has 0 spiro atoms. The minimum Gasteiger partial charge on any atom is -0.263 e. The van der Waals surface area contributed by atoms with E-state index in [1.54, 1.807) is 42.5 Å². The molecule has 0 radical (unpaired) electrons. The van der Waals surface area contributed by atoms with Crippen LogP contribution in [0.1, 0.15) is 17.3 Å². The molecule has 2 aromatic rings. The molecule has 0 aliphatic heterocycles. The Hall–Kier alpha value is -1.72. The van der Waals surface area contributed by atoms with Gasteiger partial charge >= 0.3 is 0 Å². The average Bonchev–Trinajstić information content (AvgIpc) is 2.46. The van der Waals surface area contributed by atoms with Crippen molar-refractivity contribution >= 4 is 10.1 Å². The molecule has 106 valence electrons. The highest BCUT2D eigenvalue weighted by molar-refractivity contribution is 7.86. The average molecular weight is 294 g/mol. The van der Waals surface area contributed by atoms with E-state index in [2.05, 4.69) is 0 Å². The van der Waals surface area contributed by atoms with E-state index in [1.165, 1.54) is 12.1 Å². The molecule has 0 N–H and O–H groups in total. The highest BCUT2D eigenvalue weighted by Gasteiger charge is 2.18. The van der Waals surface area contributed by atoms with Gasteiger partial charge in [-0.3, -0.25) is 4.18 Å². The summed E-state index contributed by atoms with van der Waals surface area (Å²) in [6.07, 6.45) is -1.48. The predicted molar refractivity (Wildman–Crippen MR) is 74.6 cm³/mol. The zero-order chi connectivity index (χ0) is 14.6. The molecule has 0 fully saturated rings. The van der Waals surface area contributed by atoms with Crippen molar-refractivity contribution in [2.75, 3.05) is 6.61 Å². The Morgan fingerprint density at radius 2 is 1.65 bits per heavy atom. The molecule has 0 saturated heterocycles. The highest BCUT2D eigenvalue weighted by atomic mass is 32.2. The SMILES string of the molecule is Cc1ccc(S(=O)(=O)OCC(F)c2ccccc2)cc1. The lowest BCUT2D eigenvalue weighted by molar-refractivity contribution is 0.203. The van der Waals surface area contributed by atoms with Crippen LogP contribution in [0.2, 0.25) is 0 Å². The first-order chi connectivity index (χ1) is 9.49. The zero-order valence-electron chi connectivity index (χ0n) is 11.0. The lowest BCUT2D eigenvalue weighted by Crippen LogP contribution is -2.11. The summed E-state index contributed by atoms with van der Waals surface area (Å²) in [6.45, 7) is 1.32. The van der Waals surface area contributed by atoms with E-state index in [4.69, 9.17) is 4.18 Å². The largest absolute Gasteiger partial charge is 0.297 e. The van der Waals surface area contributed by atoms with Gasteiger partial charge in [0.05, 0.1) is 4.90 Å². The van der Waals surface area contributed by atoms with Crippen molar-refractivity contribution in [3.8, 4) is 0 Å². The Morgan fingerprint density at radius 1 is 1.05 bits per heavy atom. The highest BCUT2D eigenvalue weighted by Crippen LogP contribution is 2.20. The number of aryl methyl sites for hydroxylation is 1. The summed E-state index contributed by atoms with van der Waals surface area (Å²) in [7, 11) is -3.92. The van der Waals surface area contributed by atoms with Gasteiger partial charge in [0.2, 0.25) is 0 Å². The van der Waals surface area contributed by atoms with Crippen LogP contribution in [0.25, 0.3) is 0 Å². The Kier molecular flexibility index (Phi) is 4.52. The number of halogens is 1. The van der Waals surface area contributed by atoms with Gasteiger partial charge in [0, 0.05) is 0 Å². The fourth-order valence-corrected chi connectivity index (χ4v) is 2.58. The van der Waals surface area contributed by atoms with Crippen LogP contribution in [0.15, 0.2) is 59.5 Å². The van der Waals surface area contributed by atoms with Crippen LogP contribution in [-0.4, -0.2) is 15.0 Å². The second-order valence-electron chi connectivity index (χ2n) is 4.43. The van der Waals surface area contributed by atoms with Crippen molar-refractivity contribution in [2.45, 2.75) is 18.0 Å². The van der Waals surface area contributed by atoms with Gasteiger partial charge in [-0.05, 0) is 24.6 Å². The maximum atomic E-state index is 13.9. The minimum absolute atomic E-state index is 0.0309. The summed E-state index contributed by atoms with van der Waals surface area (Å²) in [6, 6.07) is 14.5. The molecule has 1 unspecified atom stereocenters. The third-order valence-electron chi connectivity index (χ3n) is 2.84. The van der Waals surface area contributed by atoms with Gasteiger partial charge in [-0.2, -0.15) is 8.42 Å². The lowest BCUT2D eigenvalue weighted by atomic mass is 10.1. The van der Waals surface area contributed by atoms with E-state index < -0.39 is 22.9 Å². The van der Waals surface area contributed by atoms with Crippen molar-refractivity contribution in [1.29, 1.82) is 0 Å². The first-order valence-corrected chi connectivity index (χ1v) is 7.55. The quantitative estimate of drug-likeness (QED) is 0.794. The number of hydrogen-bond acceptors (Lipinski definition) is 3. The predicted octanol–water partition coefficient (Wildman–Crippen LogP) is 3.41. The van der Waals surface area contributed by atoms with E-state index in [0.717, 1.165) is 5.56 Å². The van der Waals surface area contributed by atoms with E-state index in [-0.39, 0.29) is 4.90 Å². The fraction of sp³-hybridized carbons (Fsp3) is 0.200. The van der Waals surface area contributed by atoms with Gasteiger partial charge in [0.25, 0.3) is 10.1 Å². The molecule has 3 nitrogen and oxygen atoms in total. The number of benzene rings is 2. The maximum Gasteiger partial charge on any atom is 0.297 e.